The van der Waals surface area contributed by atoms with Crippen LogP contribution in [0, 0.1) is 0 Å². The molecule has 0 amide bonds. The Balaban J connectivity index is 1.59. The summed E-state index contributed by atoms with van der Waals surface area (Å²) < 4.78 is 0. The van der Waals surface area contributed by atoms with Gasteiger partial charge in [0.05, 0.1) is 6.04 Å². The van der Waals surface area contributed by atoms with Gasteiger partial charge in [0, 0.05) is 23.4 Å². The minimum Gasteiger partial charge on any atom is -0.375 e. The quantitative estimate of drug-likeness (QED) is 0.910. The summed E-state index contributed by atoms with van der Waals surface area (Å²) in [5, 5.41) is 5.38. The number of nitrogens with one attached hydrogen (secondary N) is 1. The number of aryl methyl sites for hydroxylation is 1. The number of carbonyl (C=O) groups excluding carboxylic acids is 1. The number of hydrogen-bond donors (Lipinski definition) is 1. The first-order valence-corrected chi connectivity index (χ1v) is 7.10. The van der Waals surface area contributed by atoms with E-state index in [0.29, 0.717) is 12.2 Å². The van der Waals surface area contributed by atoms with Crippen LogP contribution in [0.2, 0.25) is 0 Å². The van der Waals surface area contributed by atoms with Gasteiger partial charge in [0.2, 0.25) is 0 Å². The van der Waals surface area contributed by atoms with Crippen molar-refractivity contribution in [2.75, 3.05) is 5.32 Å². The lowest BCUT2D eigenvalue weighted by atomic mass is 10.0. The molecule has 1 aromatic carbocycles. The Bertz CT molecular complexity index is 522. The van der Waals surface area contributed by atoms with Gasteiger partial charge in [-0.3, -0.25) is 4.79 Å². The molecule has 1 unspecified atom stereocenters. The van der Waals surface area contributed by atoms with Gasteiger partial charge >= 0.3 is 0 Å². The largest absolute Gasteiger partial charge is 0.375 e. The Labute approximate surface area is 111 Å². The molecule has 0 radical (unpaired) electrons. The van der Waals surface area contributed by atoms with E-state index in [2.05, 4.69) is 22.8 Å². The van der Waals surface area contributed by atoms with Gasteiger partial charge in [-0.25, -0.2) is 0 Å². The van der Waals surface area contributed by atoms with E-state index in [0.717, 1.165) is 18.5 Å². The lowest BCUT2D eigenvalue weighted by Gasteiger charge is -2.09. The first-order valence-electron chi connectivity index (χ1n) is 6.22. The minimum atomic E-state index is -0.0256. The SMILES string of the molecule is O=C(CCc1cccs1)C1Cc2ccccc2N1. The Morgan fingerprint density at radius 1 is 1.28 bits per heavy atom. The number of carbonyl (C=O) groups is 1. The highest BCUT2D eigenvalue weighted by Crippen LogP contribution is 2.26. The molecule has 3 heteroatoms. The van der Waals surface area contributed by atoms with Crippen LogP contribution in [0.25, 0.3) is 0 Å². The molecule has 2 heterocycles. The molecule has 3 rings (SSSR count). The zero-order valence-corrected chi connectivity index (χ0v) is 10.9. The minimum absolute atomic E-state index is 0.0256. The molecule has 0 fully saturated rings. The second kappa shape index (κ2) is 4.94. The number of hydrogen-bond acceptors (Lipinski definition) is 3. The fourth-order valence-electron chi connectivity index (χ4n) is 2.37. The number of thiophene rings is 1. The monoisotopic (exact) mass is 257 g/mol. The fourth-order valence-corrected chi connectivity index (χ4v) is 3.08. The van der Waals surface area contributed by atoms with Crippen molar-refractivity contribution in [2.45, 2.75) is 25.3 Å². The van der Waals surface area contributed by atoms with Gasteiger partial charge in [0.1, 0.15) is 0 Å². The van der Waals surface area contributed by atoms with Crippen LogP contribution in [-0.4, -0.2) is 11.8 Å². The fraction of sp³-hybridized carbons (Fsp3) is 0.267. The standard InChI is InChI=1S/C15H15NOS/c17-15(8-7-12-5-3-9-18-12)14-10-11-4-1-2-6-13(11)16-14/h1-6,9,14,16H,7-8,10H2. The lowest BCUT2D eigenvalue weighted by Crippen LogP contribution is -2.27. The van der Waals surface area contributed by atoms with Crippen LogP contribution in [0.1, 0.15) is 16.9 Å². The number of anilines is 1. The molecule has 0 spiro atoms. The van der Waals surface area contributed by atoms with Gasteiger partial charge in [0.15, 0.2) is 5.78 Å². The second-order valence-corrected chi connectivity index (χ2v) is 5.64. The normalized spacial score (nSPS) is 17.2. The summed E-state index contributed by atoms with van der Waals surface area (Å²) in [5.74, 6) is 0.319. The van der Waals surface area contributed by atoms with Gasteiger partial charge in [-0.05, 0) is 29.5 Å². The Hall–Kier alpha value is -1.61. The van der Waals surface area contributed by atoms with Crippen LogP contribution in [0.15, 0.2) is 41.8 Å². The summed E-state index contributed by atoms with van der Waals surface area (Å²) in [7, 11) is 0. The Morgan fingerprint density at radius 3 is 2.94 bits per heavy atom. The molecule has 2 nitrogen and oxygen atoms in total. The molecule has 0 saturated carbocycles. The van der Waals surface area contributed by atoms with Crippen LogP contribution >= 0.6 is 11.3 Å². The number of Topliss-reactive ketones (excluding diaryl/α,β-unsaturated/α-hetero) is 1. The topological polar surface area (TPSA) is 29.1 Å². The Morgan fingerprint density at radius 2 is 2.17 bits per heavy atom. The van der Waals surface area contributed by atoms with E-state index < -0.39 is 0 Å². The third kappa shape index (κ3) is 2.31. The zero-order valence-electron chi connectivity index (χ0n) is 10.1. The van der Waals surface area contributed by atoms with Crippen molar-refractivity contribution in [3.05, 3.63) is 52.2 Å². The molecule has 92 valence electrons. The number of para-hydroxylation sites is 1. The van der Waals surface area contributed by atoms with E-state index in [1.165, 1.54) is 10.4 Å². The van der Waals surface area contributed by atoms with Crippen molar-refractivity contribution < 1.29 is 4.79 Å². The highest BCUT2D eigenvalue weighted by Gasteiger charge is 2.25. The highest BCUT2D eigenvalue weighted by atomic mass is 32.1. The third-order valence-corrected chi connectivity index (χ3v) is 4.29. The van der Waals surface area contributed by atoms with Gasteiger partial charge in [0.25, 0.3) is 0 Å². The van der Waals surface area contributed by atoms with Crippen molar-refractivity contribution in [3.63, 3.8) is 0 Å². The van der Waals surface area contributed by atoms with E-state index in [1.54, 1.807) is 11.3 Å². The molecule has 1 atom stereocenters. The summed E-state index contributed by atoms with van der Waals surface area (Å²) in [6.45, 7) is 0. The molecule has 0 bridgehead atoms. The smallest absolute Gasteiger partial charge is 0.155 e. The second-order valence-electron chi connectivity index (χ2n) is 4.60. The summed E-state index contributed by atoms with van der Waals surface area (Å²) in [4.78, 5) is 13.4. The molecule has 2 aromatic rings. The maximum absolute atomic E-state index is 12.2. The molecular weight excluding hydrogens is 242 g/mol. The van der Waals surface area contributed by atoms with Crippen molar-refractivity contribution in [3.8, 4) is 0 Å². The summed E-state index contributed by atoms with van der Waals surface area (Å²) in [6.07, 6.45) is 2.33. The molecule has 1 aliphatic rings. The van der Waals surface area contributed by atoms with E-state index in [1.807, 2.05) is 24.3 Å². The van der Waals surface area contributed by atoms with Crippen LogP contribution in [0.4, 0.5) is 5.69 Å². The average molecular weight is 257 g/mol. The number of benzene rings is 1. The molecule has 1 aliphatic heterocycles. The number of fused-ring (bicyclic) bond motifs is 1. The first-order chi connectivity index (χ1) is 8.83. The molecule has 0 aliphatic carbocycles. The van der Waals surface area contributed by atoms with Gasteiger partial charge < -0.3 is 5.32 Å². The first kappa shape index (κ1) is 11.5. The van der Waals surface area contributed by atoms with Crippen molar-refractivity contribution in [1.82, 2.24) is 0 Å². The molecule has 0 saturated heterocycles. The zero-order chi connectivity index (χ0) is 12.4. The van der Waals surface area contributed by atoms with Gasteiger partial charge in [-0.1, -0.05) is 24.3 Å². The molecule has 1 N–H and O–H groups in total. The van der Waals surface area contributed by atoms with E-state index in [-0.39, 0.29) is 6.04 Å². The summed E-state index contributed by atoms with van der Waals surface area (Å²) in [6, 6.07) is 12.3. The van der Waals surface area contributed by atoms with Crippen molar-refractivity contribution >= 4 is 22.8 Å². The maximum atomic E-state index is 12.2. The van der Waals surface area contributed by atoms with Gasteiger partial charge in [-0.2, -0.15) is 0 Å². The van der Waals surface area contributed by atoms with Crippen LogP contribution in [0.5, 0.6) is 0 Å². The summed E-state index contributed by atoms with van der Waals surface area (Å²) >= 11 is 1.72. The number of ketones is 1. The van der Waals surface area contributed by atoms with Crippen molar-refractivity contribution in [1.29, 1.82) is 0 Å². The van der Waals surface area contributed by atoms with Crippen molar-refractivity contribution in [2.24, 2.45) is 0 Å². The van der Waals surface area contributed by atoms with Crippen LogP contribution < -0.4 is 5.32 Å². The van der Waals surface area contributed by atoms with Crippen LogP contribution in [0.3, 0.4) is 0 Å². The third-order valence-electron chi connectivity index (χ3n) is 3.36. The summed E-state index contributed by atoms with van der Waals surface area (Å²) in [5.41, 5.74) is 2.37. The molecule has 1 aromatic heterocycles. The van der Waals surface area contributed by atoms with E-state index >= 15 is 0 Å². The van der Waals surface area contributed by atoms with Crippen LogP contribution in [-0.2, 0) is 17.6 Å². The molecule has 18 heavy (non-hydrogen) atoms. The maximum Gasteiger partial charge on any atom is 0.155 e. The average Bonchev–Trinajstić information content (AvgIpc) is 3.04. The molecular formula is C15H15NOS. The predicted octanol–water partition coefficient (Wildman–Crippen LogP) is 3.29. The van der Waals surface area contributed by atoms with E-state index in [9.17, 15) is 4.79 Å². The van der Waals surface area contributed by atoms with E-state index in [4.69, 9.17) is 0 Å². The number of rotatable bonds is 4. The Kier molecular flexibility index (Phi) is 3.15. The lowest BCUT2D eigenvalue weighted by molar-refractivity contribution is -0.119. The highest BCUT2D eigenvalue weighted by molar-refractivity contribution is 7.09. The predicted molar refractivity (Wildman–Crippen MR) is 75.2 cm³/mol. The van der Waals surface area contributed by atoms with Gasteiger partial charge in [-0.15, -0.1) is 11.3 Å².